The second kappa shape index (κ2) is 5.11. The van der Waals surface area contributed by atoms with Crippen molar-refractivity contribution in [2.45, 2.75) is 0 Å². The molecular formula is C13H8BrNS. The summed E-state index contributed by atoms with van der Waals surface area (Å²) in [6.45, 7) is 0. The van der Waals surface area contributed by atoms with Gasteiger partial charge in [-0.25, -0.2) is 0 Å². The lowest BCUT2D eigenvalue weighted by molar-refractivity contribution is 1.53. The first-order valence-electron chi connectivity index (χ1n) is 4.69. The smallest absolute Gasteiger partial charge is 0.0998 e. The average Bonchev–Trinajstić information content (AvgIpc) is 2.82. The maximum atomic E-state index is 9.09. The van der Waals surface area contributed by atoms with Gasteiger partial charge in [0.05, 0.1) is 11.6 Å². The Bertz CT molecular complexity index is 532. The molecule has 1 heterocycles. The van der Waals surface area contributed by atoms with Gasteiger partial charge < -0.3 is 0 Å². The van der Waals surface area contributed by atoms with E-state index < -0.39 is 0 Å². The summed E-state index contributed by atoms with van der Waals surface area (Å²) in [5, 5.41) is 13.0. The van der Waals surface area contributed by atoms with Crippen molar-refractivity contribution in [2.24, 2.45) is 0 Å². The molecule has 0 amide bonds. The number of nitriles is 1. The van der Waals surface area contributed by atoms with Gasteiger partial charge in [0.15, 0.2) is 0 Å². The van der Waals surface area contributed by atoms with E-state index in [2.05, 4.69) is 22.0 Å². The minimum atomic E-state index is 0.698. The minimum absolute atomic E-state index is 0.698. The number of benzene rings is 1. The van der Waals surface area contributed by atoms with Gasteiger partial charge in [0.25, 0.3) is 0 Å². The quantitative estimate of drug-likeness (QED) is 0.743. The van der Waals surface area contributed by atoms with E-state index in [1.54, 1.807) is 11.3 Å². The lowest BCUT2D eigenvalue weighted by Crippen LogP contribution is -1.78. The monoisotopic (exact) mass is 289 g/mol. The van der Waals surface area contributed by atoms with Crippen LogP contribution in [0.25, 0.3) is 11.6 Å². The SMILES string of the molecule is N#C/C(=C\c1ccc(Br)cc1)c1ccsc1. The Kier molecular flexibility index (Phi) is 3.55. The van der Waals surface area contributed by atoms with Crippen LogP contribution in [-0.2, 0) is 0 Å². The summed E-state index contributed by atoms with van der Waals surface area (Å²) in [6.07, 6.45) is 1.90. The molecular weight excluding hydrogens is 282 g/mol. The fourth-order valence-corrected chi connectivity index (χ4v) is 2.24. The summed E-state index contributed by atoms with van der Waals surface area (Å²) in [5.41, 5.74) is 2.71. The van der Waals surface area contributed by atoms with Crippen LogP contribution < -0.4 is 0 Å². The highest BCUT2D eigenvalue weighted by molar-refractivity contribution is 9.10. The zero-order valence-electron chi connectivity index (χ0n) is 8.35. The molecule has 0 atom stereocenters. The van der Waals surface area contributed by atoms with E-state index in [4.69, 9.17) is 5.26 Å². The Hall–Kier alpha value is -1.37. The first-order chi connectivity index (χ1) is 7.79. The maximum absolute atomic E-state index is 9.09. The molecule has 1 aromatic carbocycles. The Labute approximate surface area is 107 Å². The molecule has 0 fully saturated rings. The summed E-state index contributed by atoms with van der Waals surface area (Å²) in [4.78, 5) is 0. The standard InChI is InChI=1S/C13H8BrNS/c14-13-3-1-10(2-4-13)7-12(8-15)11-5-6-16-9-11/h1-7,9H/b12-7+. The van der Waals surface area contributed by atoms with Crippen LogP contribution in [0.15, 0.2) is 45.6 Å². The minimum Gasteiger partial charge on any atom is -0.192 e. The number of hydrogen-bond acceptors (Lipinski definition) is 2. The third-order valence-electron chi connectivity index (χ3n) is 2.13. The fourth-order valence-electron chi connectivity index (χ4n) is 1.32. The van der Waals surface area contributed by atoms with Gasteiger partial charge in [-0.1, -0.05) is 28.1 Å². The van der Waals surface area contributed by atoms with Crippen molar-refractivity contribution < 1.29 is 0 Å². The van der Waals surface area contributed by atoms with Crippen LogP contribution in [0.1, 0.15) is 11.1 Å². The topological polar surface area (TPSA) is 23.8 Å². The van der Waals surface area contributed by atoms with Crippen molar-refractivity contribution in [3.05, 3.63) is 56.7 Å². The average molecular weight is 290 g/mol. The van der Waals surface area contributed by atoms with Gasteiger partial charge in [-0.3, -0.25) is 0 Å². The first kappa shape index (κ1) is 11.1. The van der Waals surface area contributed by atoms with Crippen LogP contribution in [0, 0.1) is 11.3 Å². The van der Waals surface area contributed by atoms with Gasteiger partial charge in [0, 0.05) is 10.0 Å². The van der Waals surface area contributed by atoms with E-state index in [9.17, 15) is 0 Å². The van der Waals surface area contributed by atoms with Crippen LogP contribution in [0.3, 0.4) is 0 Å². The second-order valence-electron chi connectivity index (χ2n) is 3.23. The highest BCUT2D eigenvalue weighted by Gasteiger charge is 2.00. The first-order valence-corrected chi connectivity index (χ1v) is 6.43. The molecule has 0 unspecified atom stereocenters. The van der Waals surface area contributed by atoms with E-state index >= 15 is 0 Å². The lowest BCUT2D eigenvalue weighted by atomic mass is 10.1. The van der Waals surface area contributed by atoms with Crippen LogP contribution >= 0.6 is 27.3 Å². The Morgan fingerprint density at radius 1 is 1.25 bits per heavy atom. The van der Waals surface area contributed by atoms with Crippen molar-refractivity contribution in [2.75, 3.05) is 0 Å². The van der Waals surface area contributed by atoms with Crippen LogP contribution in [-0.4, -0.2) is 0 Å². The molecule has 2 aromatic rings. The van der Waals surface area contributed by atoms with Gasteiger partial charge >= 0.3 is 0 Å². The molecule has 0 aliphatic carbocycles. The zero-order chi connectivity index (χ0) is 11.4. The van der Waals surface area contributed by atoms with Crippen LogP contribution in [0.2, 0.25) is 0 Å². The van der Waals surface area contributed by atoms with Crippen molar-refractivity contribution in [3.63, 3.8) is 0 Å². The number of rotatable bonds is 2. The number of nitrogens with zero attached hydrogens (tertiary/aromatic N) is 1. The summed E-state index contributed by atoms with van der Waals surface area (Å²) < 4.78 is 1.04. The number of allylic oxidation sites excluding steroid dienone is 1. The van der Waals surface area contributed by atoms with E-state index in [1.807, 2.05) is 47.2 Å². The van der Waals surface area contributed by atoms with Gasteiger partial charge in [0.1, 0.15) is 0 Å². The molecule has 78 valence electrons. The van der Waals surface area contributed by atoms with Gasteiger partial charge in [0.2, 0.25) is 0 Å². The zero-order valence-corrected chi connectivity index (χ0v) is 10.8. The maximum Gasteiger partial charge on any atom is 0.0998 e. The second-order valence-corrected chi connectivity index (χ2v) is 4.93. The Morgan fingerprint density at radius 3 is 2.56 bits per heavy atom. The van der Waals surface area contributed by atoms with Gasteiger partial charge in [-0.15, -0.1) is 0 Å². The Morgan fingerprint density at radius 2 is 2.00 bits per heavy atom. The third kappa shape index (κ3) is 2.60. The highest BCUT2D eigenvalue weighted by Crippen LogP contribution is 2.20. The van der Waals surface area contributed by atoms with E-state index in [0.29, 0.717) is 5.57 Å². The molecule has 0 aliphatic rings. The third-order valence-corrected chi connectivity index (χ3v) is 3.35. The van der Waals surface area contributed by atoms with Crippen molar-refractivity contribution >= 4 is 38.9 Å². The molecule has 3 heteroatoms. The number of thiophene rings is 1. The van der Waals surface area contributed by atoms with Crippen LogP contribution in [0.5, 0.6) is 0 Å². The predicted molar refractivity (Wildman–Crippen MR) is 71.9 cm³/mol. The van der Waals surface area contributed by atoms with Crippen LogP contribution in [0.4, 0.5) is 0 Å². The summed E-state index contributed by atoms with van der Waals surface area (Å²) in [7, 11) is 0. The molecule has 1 nitrogen and oxygen atoms in total. The van der Waals surface area contributed by atoms with Gasteiger partial charge in [-0.2, -0.15) is 16.6 Å². The van der Waals surface area contributed by atoms with E-state index in [1.165, 1.54) is 0 Å². The molecule has 1 aromatic heterocycles. The number of halogens is 1. The fraction of sp³-hybridized carbons (Fsp3) is 0. The van der Waals surface area contributed by atoms with Gasteiger partial charge in [-0.05, 0) is 40.6 Å². The Balaban J connectivity index is 2.36. The normalized spacial score (nSPS) is 11.1. The molecule has 0 N–H and O–H groups in total. The molecule has 16 heavy (non-hydrogen) atoms. The van der Waals surface area contributed by atoms with Crippen molar-refractivity contribution in [1.29, 1.82) is 5.26 Å². The molecule has 0 aliphatic heterocycles. The molecule has 2 rings (SSSR count). The largest absolute Gasteiger partial charge is 0.192 e. The number of hydrogen-bond donors (Lipinski definition) is 0. The molecule has 0 radical (unpaired) electrons. The van der Waals surface area contributed by atoms with E-state index in [0.717, 1.165) is 15.6 Å². The molecule has 0 bridgehead atoms. The summed E-state index contributed by atoms with van der Waals surface area (Å²) in [5.74, 6) is 0. The summed E-state index contributed by atoms with van der Waals surface area (Å²) in [6, 6.07) is 12.1. The van der Waals surface area contributed by atoms with E-state index in [-0.39, 0.29) is 0 Å². The van der Waals surface area contributed by atoms with Crippen molar-refractivity contribution in [1.82, 2.24) is 0 Å². The highest BCUT2D eigenvalue weighted by atomic mass is 79.9. The molecule has 0 spiro atoms. The summed E-state index contributed by atoms with van der Waals surface area (Å²) >= 11 is 4.98. The molecule has 0 saturated heterocycles. The van der Waals surface area contributed by atoms with Crippen molar-refractivity contribution in [3.8, 4) is 6.07 Å². The lowest BCUT2D eigenvalue weighted by Gasteiger charge is -1.96. The molecule has 0 saturated carbocycles. The predicted octanol–water partition coefficient (Wildman–Crippen LogP) is 4.57.